The molecule has 2 aromatic rings. The number of aromatic nitrogens is 2. The van der Waals surface area contributed by atoms with Crippen LogP contribution in [0.4, 0.5) is 5.69 Å². The molecular formula is C17H20Cl3N3O. The molecule has 7 heteroatoms. The van der Waals surface area contributed by atoms with E-state index in [9.17, 15) is 0 Å². The highest BCUT2D eigenvalue weighted by Crippen LogP contribution is 2.45. The lowest BCUT2D eigenvalue weighted by molar-refractivity contribution is 0.419. The van der Waals surface area contributed by atoms with Crippen LogP contribution in [-0.2, 0) is 16.6 Å². The maximum absolute atomic E-state index is 5.96. The molecule has 3 rings (SSSR count). The van der Waals surface area contributed by atoms with E-state index in [0.29, 0.717) is 0 Å². The summed E-state index contributed by atoms with van der Waals surface area (Å²) in [6.45, 7) is 6.38. The number of nitrogens with zero attached hydrogens (tertiary/aromatic N) is 2. The van der Waals surface area contributed by atoms with E-state index in [2.05, 4.69) is 36.1 Å². The van der Waals surface area contributed by atoms with Crippen molar-refractivity contribution in [1.29, 1.82) is 0 Å². The number of ether oxygens (including phenoxy) is 1. The summed E-state index contributed by atoms with van der Waals surface area (Å²) < 4.78 is 4.07. The smallest absolute Gasteiger partial charge is 0.250 e. The molecule has 0 atom stereocenters. The van der Waals surface area contributed by atoms with Crippen LogP contribution in [0.15, 0.2) is 6.20 Å². The fourth-order valence-corrected chi connectivity index (χ4v) is 3.46. The van der Waals surface area contributed by atoms with Crippen LogP contribution in [-0.4, -0.2) is 22.6 Å². The summed E-state index contributed by atoms with van der Waals surface area (Å²) in [5.74, 6) is 0.934. The van der Waals surface area contributed by atoms with Crippen molar-refractivity contribution in [2.75, 3.05) is 12.4 Å². The second-order valence-corrected chi connectivity index (χ2v) is 9.33. The van der Waals surface area contributed by atoms with Crippen LogP contribution in [0.25, 0.3) is 10.9 Å². The standard InChI is InChI=1S/C17H20Cl3N3O/c1-16(2,3)23-13-10-7-5-6-9(10)12-11(14(13)24-4)8-21-15(22-12)17(18,19)20/h8,23H,5-7H2,1-4H3. The Morgan fingerprint density at radius 1 is 1.12 bits per heavy atom. The number of fused-ring (bicyclic) bond motifs is 3. The van der Waals surface area contributed by atoms with Crippen molar-refractivity contribution in [2.45, 2.75) is 49.4 Å². The summed E-state index contributed by atoms with van der Waals surface area (Å²) in [5, 5.41) is 4.42. The lowest BCUT2D eigenvalue weighted by Gasteiger charge is -2.27. The van der Waals surface area contributed by atoms with Gasteiger partial charge in [0.1, 0.15) is 0 Å². The van der Waals surface area contributed by atoms with Crippen LogP contribution in [0.5, 0.6) is 5.75 Å². The van der Waals surface area contributed by atoms with Gasteiger partial charge in [0.15, 0.2) is 11.6 Å². The van der Waals surface area contributed by atoms with Gasteiger partial charge in [0.25, 0.3) is 0 Å². The van der Waals surface area contributed by atoms with E-state index < -0.39 is 3.79 Å². The van der Waals surface area contributed by atoms with Crippen LogP contribution in [0.3, 0.4) is 0 Å². The molecule has 0 saturated carbocycles. The average Bonchev–Trinajstić information content (AvgIpc) is 2.94. The largest absolute Gasteiger partial charge is 0.494 e. The predicted molar refractivity (Wildman–Crippen MR) is 101 cm³/mol. The minimum absolute atomic E-state index is 0.0876. The van der Waals surface area contributed by atoms with E-state index in [1.165, 1.54) is 11.1 Å². The number of aryl methyl sites for hydroxylation is 1. The Morgan fingerprint density at radius 3 is 2.38 bits per heavy atom. The number of rotatable bonds is 2. The van der Waals surface area contributed by atoms with E-state index in [1.807, 2.05) is 0 Å². The molecule has 0 aliphatic heterocycles. The van der Waals surface area contributed by atoms with Crippen molar-refractivity contribution in [3.05, 3.63) is 23.1 Å². The summed E-state index contributed by atoms with van der Waals surface area (Å²) in [6, 6.07) is 0. The van der Waals surface area contributed by atoms with E-state index in [-0.39, 0.29) is 11.4 Å². The van der Waals surface area contributed by atoms with Crippen molar-refractivity contribution >= 4 is 51.4 Å². The first kappa shape index (κ1) is 17.8. The van der Waals surface area contributed by atoms with E-state index in [0.717, 1.165) is 41.6 Å². The fourth-order valence-electron chi connectivity index (χ4n) is 3.19. The van der Waals surface area contributed by atoms with E-state index in [4.69, 9.17) is 39.5 Å². The highest BCUT2D eigenvalue weighted by molar-refractivity contribution is 6.66. The summed E-state index contributed by atoms with van der Waals surface area (Å²) in [4.78, 5) is 8.78. The molecule has 1 aromatic carbocycles. The van der Waals surface area contributed by atoms with Gasteiger partial charge < -0.3 is 10.1 Å². The first-order chi connectivity index (χ1) is 11.1. The van der Waals surface area contributed by atoms with Crippen molar-refractivity contribution in [1.82, 2.24) is 9.97 Å². The van der Waals surface area contributed by atoms with Gasteiger partial charge in [0.05, 0.1) is 23.7 Å². The van der Waals surface area contributed by atoms with Gasteiger partial charge in [0, 0.05) is 11.7 Å². The molecule has 130 valence electrons. The summed E-state index contributed by atoms with van der Waals surface area (Å²) >= 11 is 17.9. The van der Waals surface area contributed by atoms with Crippen LogP contribution < -0.4 is 10.1 Å². The third-order valence-corrected chi connectivity index (χ3v) is 4.53. The predicted octanol–water partition coefficient (Wildman–Crippen LogP) is 5.16. The Hall–Kier alpha value is -0.970. The monoisotopic (exact) mass is 387 g/mol. The normalized spacial score (nSPS) is 14.8. The first-order valence-electron chi connectivity index (χ1n) is 7.85. The van der Waals surface area contributed by atoms with Crippen molar-refractivity contribution in [2.24, 2.45) is 0 Å². The Balaban J connectivity index is 2.32. The van der Waals surface area contributed by atoms with Crippen molar-refractivity contribution in [3.63, 3.8) is 0 Å². The van der Waals surface area contributed by atoms with Crippen molar-refractivity contribution < 1.29 is 4.74 Å². The SMILES string of the molecule is COc1c(NC(C)(C)C)c2c(c3nc(C(Cl)(Cl)Cl)ncc13)CCC2. The van der Waals surface area contributed by atoms with Crippen molar-refractivity contribution in [3.8, 4) is 5.75 Å². The maximum atomic E-state index is 5.96. The second-order valence-electron chi connectivity index (χ2n) is 7.05. The minimum Gasteiger partial charge on any atom is -0.494 e. The summed E-state index contributed by atoms with van der Waals surface area (Å²) in [6.07, 6.45) is 4.69. The molecular weight excluding hydrogens is 369 g/mol. The second kappa shape index (κ2) is 6.08. The van der Waals surface area contributed by atoms with Gasteiger partial charge in [-0.1, -0.05) is 34.8 Å². The van der Waals surface area contributed by atoms with Gasteiger partial charge >= 0.3 is 0 Å². The quantitative estimate of drug-likeness (QED) is 0.721. The molecule has 1 heterocycles. The molecule has 1 aliphatic rings. The summed E-state index contributed by atoms with van der Waals surface area (Å²) in [5.41, 5.74) is 4.18. The summed E-state index contributed by atoms with van der Waals surface area (Å²) in [7, 11) is 1.66. The van der Waals surface area contributed by atoms with Crippen LogP contribution in [0.2, 0.25) is 0 Å². The third-order valence-electron chi connectivity index (χ3n) is 4.02. The van der Waals surface area contributed by atoms with Gasteiger partial charge in [-0.15, -0.1) is 0 Å². The molecule has 1 aromatic heterocycles. The lowest BCUT2D eigenvalue weighted by Crippen LogP contribution is -2.27. The molecule has 0 bridgehead atoms. The Kier molecular flexibility index (Phi) is 4.52. The molecule has 0 spiro atoms. The lowest BCUT2D eigenvalue weighted by atomic mass is 10.00. The number of benzene rings is 1. The van der Waals surface area contributed by atoms with Gasteiger partial charge in [-0.2, -0.15) is 0 Å². The molecule has 0 amide bonds. The molecule has 0 unspecified atom stereocenters. The zero-order chi connectivity index (χ0) is 17.7. The third kappa shape index (κ3) is 3.24. The Morgan fingerprint density at radius 2 is 1.79 bits per heavy atom. The molecule has 1 aliphatic carbocycles. The van der Waals surface area contributed by atoms with Crippen LogP contribution in [0.1, 0.15) is 44.1 Å². The zero-order valence-corrected chi connectivity index (χ0v) is 16.4. The van der Waals surface area contributed by atoms with Crippen LogP contribution >= 0.6 is 34.8 Å². The number of anilines is 1. The number of hydrogen-bond donors (Lipinski definition) is 1. The zero-order valence-electron chi connectivity index (χ0n) is 14.1. The van der Waals surface area contributed by atoms with Gasteiger partial charge in [-0.25, -0.2) is 9.97 Å². The highest BCUT2D eigenvalue weighted by atomic mass is 35.6. The fraction of sp³-hybridized carbons (Fsp3) is 0.529. The molecule has 1 N–H and O–H groups in total. The Bertz CT molecular complexity index is 794. The van der Waals surface area contributed by atoms with Gasteiger partial charge in [0.2, 0.25) is 3.79 Å². The highest BCUT2D eigenvalue weighted by Gasteiger charge is 2.31. The maximum Gasteiger partial charge on any atom is 0.250 e. The molecule has 24 heavy (non-hydrogen) atoms. The number of nitrogens with one attached hydrogen (secondary N) is 1. The van der Waals surface area contributed by atoms with E-state index in [1.54, 1.807) is 13.3 Å². The molecule has 0 radical (unpaired) electrons. The Labute approximate surface area is 156 Å². The minimum atomic E-state index is -1.64. The molecule has 4 nitrogen and oxygen atoms in total. The van der Waals surface area contributed by atoms with Gasteiger partial charge in [-0.05, 0) is 51.2 Å². The molecule has 0 fully saturated rings. The van der Waals surface area contributed by atoms with E-state index >= 15 is 0 Å². The van der Waals surface area contributed by atoms with Gasteiger partial charge in [-0.3, -0.25) is 0 Å². The number of methoxy groups -OCH3 is 1. The van der Waals surface area contributed by atoms with Crippen LogP contribution in [0, 0.1) is 0 Å². The average molecular weight is 389 g/mol. The number of halogens is 3. The topological polar surface area (TPSA) is 47.0 Å². The number of alkyl halides is 3. The number of hydrogen-bond acceptors (Lipinski definition) is 4. The molecule has 0 saturated heterocycles. The first-order valence-corrected chi connectivity index (χ1v) is 8.99.